The first-order chi connectivity index (χ1) is 10.1. The highest BCUT2D eigenvalue weighted by Crippen LogP contribution is 2.30. The van der Waals surface area contributed by atoms with E-state index in [2.05, 4.69) is 10.6 Å². The predicted octanol–water partition coefficient (Wildman–Crippen LogP) is 0.944. The summed E-state index contributed by atoms with van der Waals surface area (Å²) in [6.45, 7) is 4.01. The van der Waals surface area contributed by atoms with Crippen LogP contribution in [0, 0.1) is 0 Å². The fourth-order valence-corrected chi connectivity index (χ4v) is 2.77. The number of nitrogens with one attached hydrogen (secondary N) is 2. The Morgan fingerprint density at radius 2 is 2.23 bits per heavy atom. The Hall–Kier alpha value is -1.63. The topological polar surface area (TPSA) is 70.7 Å². The molecule has 2 aliphatic rings. The maximum atomic E-state index is 12.1. The van der Waals surface area contributed by atoms with E-state index in [0.29, 0.717) is 26.3 Å². The Morgan fingerprint density at radius 1 is 1.41 bits per heavy atom. The molecule has 1 unspecified atom stereocenters. The molecule has 1 saturated heterocycles. The fourth-order valence-electron chi connectivity index (χ4n) is 2.77. The predicted molar refractivity (Wildman–Crippen MR) is 86.7 cm³/mol. The van der Waals surface area contributed by atoms with E-state index < -0.39 is 0 Å². The smallest absolute Gasteiger partial charge is 0.243 e. The third-order valence-electron chi connectivity index (χ3n) is 3.86. The lowest BCUT2D eigenvalue weighted by molar-refractivity contribution is -0.120. The minimum atomic E-state index is -0.305. The summed E-state index contributed by atoms with van der Waals surface area (Å²) in [5, 5.41) is 6.02. The minimum absolute atomic E-state index is 0. The van der Waals surface area contributed by atoms with Gasteiger partial charge in [-0.15, -0.1) is 12.4 Å². The molecule has 120 valence electrons. The van der Waals surface area contributed by atoms with Crippen molar-refractivity contribution < 1.29 is 14.3 Å². The lowest BCUT2D eigenvalue weighted by atomic mass is 10.1. The van der Waals surface area contributed by atoms with Gasteiger partial charge in [-0.25, -0.2) is 0 Å². The van der Waals surface area contributed by atoms with E-state index in [-0.39, 0.29) is 30.3 Å². The molecular formula is C15H20ClN3O3. The van der Waals surface area contributed by atoms with Gasteiger partial charge < -0.3 is 20.3 Å². The van der Waals surface area contributed by atoms with Crippen LogP contribution in [0.3, 0.4) is 0 Å². The molecule has 1 aromatic carbocycles. The number of carbonyl (C=O) groups excluding carboxylic acids is 2. The van der Waals surface area contributed by atoms with Gasteiger partial charge in [0.1, 0.15) is 6.04 Å². The van der Waals surface area contributed by atoms with Crippen molar-refractivity contribution in [1.82, 2.24) is 5.32 Å². The fraction of sp³-hybridized carbons (Fsp3) is 0.467. The van der Waals surface area contributed by atoms with Crippen LogP contribution in [0.1, 0.15) is 12.5 Å². The molecule has 0 radical (unpaired) electrons. The molecule has 0 bridgehead atoms. The van der Waals surface area contributed by atoms with Crippen LogP contribution >= 0.6 is 12.4 Å². The molecule has 6 nitrogen and oxygen atoms in total. The number of morpholine rings is 1. The molecular weight excluding hydrogens is 306 g/mol. The van der Waals surface area contributed by atoms with Gasteiger partial charge in [0.2, 0.25) is 11.8 Å². The maximum absolute atomic E-state index is 12.1. The molecule has 22 heavy (non-hydrogen) atoms. The van der Waals surface area contributed by atoms with Gasteiger partial charge in [-0.1, -0.05) is 0 Å². The van der Waals surface area contributed by atoms with Crippen molar-refractivity contribution >= 4 is 35.6 Å². The number of rotatable bonds is 2. The third kappa shape index (κ3) is 3.40. The zero-order chi connectivity index (χ0) is 14.8. The third-order valence-corrected chi connectivity index (χ3v) is 3.86. The van der Waals surface area contributed by atoms with Gasteiger partial charge in [0.25, 0.3) is 0 Å². The second-order valence-corrected chi connectivity index (χ2v) is 5.34. The Labute approximate surface area is 135 Å². The lowest BCUT2D eigenvalue weighted by Gasteiger charge is -2.23. The number of hydrogen-bond donors (Lipinski definition) is 2. The van der Waals surface area contributed by atoms with Crippen molar-refractivity contribution in [2.45, 2.75) is 19.4 Å². The van der Waals surface area contributed by atoms with Crippen LogP contribution in [-0.4, -0.2) is 44.2 Å². The molecule has 0 aromatic heterocycles. The molecule has 2 heterocycles. The van der Waals surface area contributed by atoms with E-state index in [4.69, 9.17) is 4.74 Å². The van der Waals surface area contributed by atoms with E-state index in [1.54, 1.807) is 11.8 Å². The van der Waals surface area contributed by atoms with E-state index in [1.807, 2.05) is 18.2 Å². The van der Waals surface area contributed by atoms with Crippen molar-refractivity contribution in [3.8, 4) is 0 Å². The maximum Gasteiger partial charge on any atom is 0.243 e. The van der Waals surface area contributed by atoms with E-state index in [0.717, 1.165) is 23.4 Å². The highest BCUT2D eigenvalue weighted by molar-refractivity contribution is 5.97. The lowest BCUT2D eigenvalue weighted by Crippen LogP contribution is -2.48. The average Bonchev–Trinajstić information content (AvgIpc) is 2.91. The number of hydrogen-bond acceptors (Lipinski definition) is 4. The van der Waals surface area contributed by atoms with Crippen LogP contribution in [0.25, 0.3) is 0 Å². The number of benzene rings is 1. The van der Waals surface area contributed by atoms with Crippen LogP contribution < -0.4 is 15.5 Å². The highest BCUT2D eigenvalue weighted by Gasteiger charge is 2.24. The van der Waals surface area contributed by atoms with Crippen LogP contribution in [0.15, 0.2) is 18.2 Å². The first kappa shape index (κ1) is 16.7. The Balaban J connectivity index is 0.00000176. The molecule has 1 aromatic rings. The number of amides is 2. The van der Waals surface area contributed by atoms with E-state index in [1.165, 1.54) is 0 Å². The summed E-state index contributed by atoms with van der Waals surface area (Å²) < 4.78 is 5.29. The number of fused-ring (bicyclic) bond motifs is 1. The van der Waals surface area contributed by atoms with Crippen LogP contribution in [0.5, 0.6) is 0 Å². The summed E-state index contributed by atoms with van der Waals surface area (Å²) in [5.74, 6) is -0.0369. The second-order valence-electron chi connectivity index (χ2n) is 5.34. The monoisotopic (exact) mass is 325 g/mol. The van der Waals surface area contributed by atoms with Gasteiger partial charge in [-0.2, -0.15) is 0 Å². The largest absolute Gasteiger partial charge is 0.378 e. The van der Waals surface area contributed by atoms with Crippen molar-refractivity contribution in [3.05, 3.63) is 23.8 Å². The summed E-state index contributed by atoms with van der Waals surface area (Å²) in [6.07, 6.45) is 0.823. The average molecular weight is 326 g/mol. The molecule has 1 atom stereocenters. The van der Waals surface area contributed by atoms with Gasteiger partial charge in [-0.3, -0.25) is 9.59 Å². The first-order valence-electron chi connectivity index (χ1n) is 7.18. The molecule has 0 aliphatic carbocycles. The van der Waals surface area contributed by atoms with Crippen LogP contribution in [-0.2, 0) is 20.7 Å². The summed E-state index contributed by atoms with van der Waals surface area (Å²) >= 11 is 0. The van der Waals surface area contributed by atoms with Crippen molar-refractivity contribution in [2.75, 3.05) is 36.5 Å². The van der Waals surface area contributed by atoms with Gasteiger partial charge in [-0.05, 0) is 30.2 Å². The van der Waals surface area contributed by atoms with Gasteiger partial charge in [0.15, 0.2) is 0 Å². The zero-order valence-corrected chi connectivity index (χ0v) is 13.2. The van der Waals surface area contributed by atoms with E-state index in [9.17, 15) is 9.59 Å². The summed E-state index contributed by atoms with van der Waals surface area (Å²) in [7, 11) is 0. The second kappa shape index (κ2) is 7.09. The van der Waals surface area contributed by atoms with Crippen molar-refractivity contribution in [3.63, 3.8) is 0 Å². The number of carbonyl (C=O) groups is 2. The first-order valence-corrected chi connectivity index (χ1v) is 7.18. The van der Waals surface area contributed by atoms with Gasteiger partial charge >= 0.3 is 0 Å². The van der Waals surface area contributed by atoms with Crippen LogP contribution in [0.4, 0.5) is 11.4 Å². The number of ether oxygens (including phenoxy) is 1. The molecule has 7 heteroatoms. The zero-order valence-electron chi connectivity index (χ0n) is 12.4. The number of halogens is 1. The normalized spacial score (nSPS) is 20.0. The molecule has 1 fully saturated rings. The molecule has 2 aliphatic heterocycles. The van der Waals surface area contributed by atoms with Crippen LogP contribution in [0.2, 0.25) is 0 Å². The summed E-state index contributed by atoms with van der Waals surface area (Å²) in [4.78, 5) is 25.4. The number of anilines is 2. The molecule has 3 rings (SSSR count). The SMILES string of the molecule is CC(=O)N1CCc2cc(NC(=O)C3COCCN3)ccc21.Cl. The standard InChI is InChI=1S/C15H19N3O3.ClH/c1-10(19)18-6-4-11-8-12(2-3-14(11)18)17-15(20)13-9-21-7-5-16-13;/h2-3,8,13,16H,4-7,9H2,1H3,(H,17,20);1H. The molecule has 0 spiro atoms. The minimum Gasteiger partial charge on any atom is -0.378 e. The molecule has 0 saturated carbocycles. The Kier molecular flexibility index (Phi) is 5.39. The van der Waals surface area contributed by atoms with Crippen molar-refractivity contribution in [2.24, 2.45) is 0 Å². The van der Waals surface area contributed by atoms with Crippen molar-refractivity contribution in [1.29, 1.82) is 0 Å². The Morgan fingerprint density at radius 3 is 2.91 bits per heavy atom. The summed E-state index contributed by atoms with van der Waals surface area (Å²) in [5.41, 5.74) is 2.80. The quantitative estimate of drug-likeness (QED) is 0.849. The Bertz CT molecular complexity index is 573. The molecule has 2 N–H and O–H groups in total. The number of nitrogens with zero attached hydrogens (tertiary/aromatic N) is 1. The molecule has 2 amide bonds. The summed E-state index contributed by atoms with van der Waals surface area (Å²) in [6, 6.07) is 5.37. The van der Waals surface area contributed by atoms with Gasteiger partial charge in [0, 0.05) is 31.4 Å². The van der Waals surface area contributed by atoms with E-state index >= 15 is 0 Å². The van der Waals surface area contributed by atoms with Gasteiger partial charge in [0.05, 0.1) is 13.2 Å². The highest BCUT2D eigenvalue weighted by atomic mass is 35.5.